The number of amides is 2. The third kappa shape index (κ3) is 7.31. The summed E-state index contributed by atoms with van der Waals surface area (Å²) in [6, 6.07) is 12.2. The van der Waals surface area contributed by atoms with Gasteiger partial charge in [0.2, 0.25) is 0 Å². The van der Waals surface area contributed by atoms with Crippen LogP contribution >= 0.6 is 23.2 Å². The van der Waals surface area contributed by atoms with Gasteiger partial charge in [-0.15, -0.1) is 0 Å². The molecule has 4 rings (SSSR count). The molecule has 2 heterocycles. The minimum Gasteiger partial charge on any atom is -0.490 e. The van der Waals surface area contributed by atoms with Gasteiger partial charge in [0.1, 0.15) is 18.1 Å². The number of benzene rings is 2. The van der Waals surface area contributed by atoms with E-state index in [1.165, 1.54) is 13.3 Å². The molecule has 0 saturated heterocycles. The van der Waals surface area contributed by atoms with Gasteiger partial charge in [-0.2, -0.15) is 5.10 Å². The van der Waals surface area contributed by atoms with Gasteiger partial charge in [-0.05, 0) is 61.9 Å². The summed E-state index contributed by atoms with van der Waals surface area (Å²) in [5, 5.41) is 20.7. The van der Waals surface area contributed by atoms with E-state index in [1.807, 2.05) is 0 Å². The normalized spacial score (nSPS) is 15.8. The third-order valence-corrected chi connectivity index (χ3v) is 6.47. The van der Waals surface area contributed by atoms with Crippen LogP contribution in [0, 0.1) is 0 Å². The summed E-state index contributed by atoms with van der Waals surface area (Å²) in [6.45, 7) is 3.58. The molecule has 0 unspecified atom stereocenters. The molecule has 1 aliphatic heterocycles. The number of rotatable bonds is 11. The molecule has 2 amide bonds. The highest BCUT2D eigenvalue weighted by atomic mass is 35.5. The summed E-state index contributed by atoms with van der Waals surface area (Å²) < 4.78 is 22.1. The van der Waals surface area contributed by atoms with Crippen LogP contribution in [0.3, 0.4) is 0 Å². The molecule has 0 fully saturated rings. The number of hydrogen-bond acceptors (Lipinski definition) is 9. The highest BCUT2D eigenvalue weighted by Gasteiger charge is 2.32. The minimum absolute atomic E-state index is 0.172. The monoisotopic (exact) mass is 602 g/mol. The van der Waals surface area contributed by atoms with Gasteiger partial charge < -0.3 is 34.4 Å². The van der Waals surface area contributed by atoms with Gasteiger partial charge in [-0.25, -0.2) is 9.59 Å². The molecule has 3 aromatic rings. The molecule has 4 N–H and O–H groups in total. The third-order valence-electron chi connectivity index (χ3n) is 5.91. The first-order chi connectivity index (χ1) is 19.7. The van der Waals surface area contributed by atoms with Crippen LogP contribution in [0.25, 0.3) is 11.3 Å². The van der Waals surface area contributed by atoms with Crippen LogP contribution in [-0.2, 0) is 9.53 Å². The maximum atomic E-state index is 12.4. The molecule has 2 atom stereocenters. The quantitative estimate of drug-likeness (QED) is 0.106. The summed E-state index contributed by atoms with van der Waals surface area (Å²) in [5.41, 5.74) is 4.43. The van der Waals surface area contributed by atoms with Gasteiger partial charge in [-0.1, -0.05) is 29.3 Å². The Bertz CT molecular complexity index is 1490. The van der Waals surface area contributed by atoms with Crippen LogP contribution < -0.4 is 25.5 Å². The molecular weight excluding hydrogens is 575 g/mol. The van der Waals surface area contributed by atoms with Crippen LogP contribution in [0.5, 0.6) is 11.5 Å². The molecule has 0 saturated carbocycles. The Hall–Kier alpha value is -4.19. The number of urea groups is 1. The second-order valence-corrected chi connectivity index (χ2v) is 9.58. The number of nitrogens with one attached hydrogen (secondary N) is 3. The fraction of sp³-hybridized carbons (Fsp3) is 0.250. The Kier molecular flexibility index (Phi) is 9.77. The lowest BCUT2D eigenvalue weighted by atomic mass is 9.95. The van der Waals surface area contributed by atoms with E-state index in [1.54, 1.807) is 62.4 Å². The summed E-state index contributed by atoms with van der Waals surface area (Å²) in [6.07, 6.45) is 0.227. The molecule has 1 aromatic heterocycles. The highest BCUT2D eigenvalue weighted by Crippen LogP contribution is 2.35. The van der Waals surface area contributed by atoms with E-state index < -0.39 is 24.3 Å². The topological polar surface area (TPSA) is 144 Å². The maximum absolute atomic E-state index is 12.4. The van der Waals surface area contributed by atoms with Crippen LogP contribution in [-0.4, -0.2) is 49.9 Å². The van der Waals surface area contributed by atoms with Crippen LogP contribution in [0.1, 0.15) is 31.2 Å². The number of hydrogen-bond donors (Lipinski definition) is 4. The van der Waals surface area contributed by atoms with E-state index in [4.69, 9.17) is 41.8 Å². The van der Waals surface area contributed by atoms with Gasteiger partial charge in [0.15, 0.2) is 17.7 Å². The average Bonchev–Trinajstić information content (AvgIpc) is 3.41. The average molecular weight is 603 g/mol. The SMILES string of the molecule is CCOc1cc([C@@H]2NC(=O)NC(C)=C2C(=O)OC)ccc1OC[C@@H](O)N/N=C\c1ccc(-c2cc(Cl)ccc2Cl)o1. The zero-order valence-electron chi connectivity index (χ0n) is 22.4. The largest absolute Gasteiger partial charge is 0.490 e. The predicted octanol–water partition coefficient (Wildman–Crippen LogP) is 4.77. The molecule has 0 radical (unpaired) electrons. The lowest BCUT2D eigenvalue weighted by Crippen LogP contribution is -2.45. The molecule has 41 heavy (non-hydrogen) atoms. The van der Waals surface area contributed by atoms with Gasteiger partial charge in [0.05, 0.1) is 36.6 Å². The molecule has 216 valence electrons. The van der Waals surface area contributed by atoms with Crippen molar-refractivity contribution in [2.24, 2.45) is 5.10 Å². The number of carbonyl (C=O) groups excluding carboxylic acids is 2. The fourth-order valence-electron chi connectivity index (χ4n) is 4.06. The van der Waals surface area contributed by atoms with E-state index >= 15 is 0 Å². The first-order valence-corrected chi connectivity index (χ1v) is 13.2. The van der Waals surface area contributed by atoms with E-state index in [-0.39, 0.29) is 12.2 Å². The Balaban J connectivity index is 1.40. The summed E-state index contributed by atoms with van der Waals surface area (Å²) in [5.74, 6) is 1.06. The Morgan fingerprint density at radius 1 is 1.17 bits per heavy atom. The molecular formula is C28H28Cl2N4O7. The van der Waals surface area contributed by atoms with E-state index in [0.29, 0.717) is 56.5 Å². The van der Waals surface area contributed by atoms with Crippen molar-refractivity contribution in [3.8, 4) is 22.8 Å². The summed E-state index contributed by atoms with van der Waals surface area (Å²) >= 11 is 12.3. The second-order valence-electron chi connectivity index (χ2n) is 8.74. The predicted molar refractivity (Wildman–Crippen MR) is 153 cm³/mol. The number of aliphatic hydroxyl groups excluding tert-OH is 1. The van der Waals surface area contributed by atoms with E-state index in [2.05, 4.69) is 21.2 Å². The lowest BCUT2D eigenvalue weighted by molar-refractivity contribution is -0.136. The number of ether oxygens (including phenoxy) is 3. The molecule has 1 aliphatic rings. The molecule has 0 aliphatic carbocycles. The Morgan fingerprint density at radius 3 is 2.73 bits per heavy atom. The zero-order valence-corrected chi connectivity index (χ0v) is 23.9. The smallest absolute Gasteiger partial charge is 0.337 e. The lowest BCUT2D eigenvalue weighted by Gasteiger charge is -2.28. The highest BCUT2D eigenvalue weighted by molar-refractivity contribution is 6.35. The van der Waals surface area contributed by atoms with Crippen LogP contribution in [0.2, 0.25) is 10.0 Å². The van der Waals surface area contributed by atoms with Crippen molar-refractivity contribution in [3.05, 3.63) is 81.2 Å². The second kappa shape index (κ2) is 13.4. The van der Waals surface area contributed by atoms with Crippen LogP contribution in [0.4, 0.5) is 4.79 Å². The van der Waals surface area contributed by atoms with Crippen molar-refractivity contribution in [2.75, 3.05) is 20.3 Å². The number of methoxy groups -OCH3 is 1. The number of hydrazone groups is 1. The molecule has 0 spiro atoms. The molecule has 0 bridgehead atoms. The van der Waals surface area contributed by atoms with Crippen molar-refractivity contribution in [1.82, 2.24) is 16.1 Å². The number of esters is 1. The molecule has 11 nitrogen and oxygen atoms in total. The van der Waals surface area contributed by atoms with Gasteiger partial charge in [-0.3, -0.25) is 5.43 Å². The summed E-state index contributed by atoms with van der Waals surface area (Å²) in [4.78, 5) is 24.5. The Labute approximate surface area is 246 Å². The van der Waals surface area contributed by atoms with Crippen molar-refractivity contribution >= 4 is 41.4 Å². The Morgan fingerprint density at radius 2 is 1.98 bits per heavy atom. The van der Waals surface area contributed by atoms with Gasteiger partial charge >= 0.3 is 12.0 Å². The zero-order chi connectivity index (χ0) is 29.5. The standard InChI is InChI=1S/C28H28Cl2N4O7/c1-4-39-23-11-16(26-25(27(36)38-3)15(2)32-28(37)33-26)5-9-22(23)40-14-24(35)34-31-13-18-7-10-21(41-18)19-12-17(29)6-8-20(19)30/h5-13,24,26,34-35H,4,14H2,1-3H3,(H2,32,33,37)/b31-13-/t24-,26+/m1/s1. The minimum atomic E-state index is -1.17. The number of carbonyl (C=O) groups is 2. The van der Waals surface area contributed by atoms with E-state index in [0.717, 1.165) is 0 Å². The van der Waals surface area contributed by atoms with Crippen molar-refractivity contribution in [2.45, 2.75) is 26.1 Å². The van der Waals surface area contributed by atoms with Crippen LogP contribution in [0.15, 0.2) is 69.3 Å². The van der Waals surface area contributed by atoms with Gasteiger partial charge in [0, 0.05) is 16.3 Å². The fourth-order valence-corrected chi connectivity index (χ4v) is 4.45. The molecule has 2 aromatic carbocycles. The first kappa shape index (κ1) is 29.8. The number of furan rings is 1. The van der Waals surface area contributed by atoms with Crippen molar-refractivity contribution in [3.63, 3.8) is 0 Å². The van der Waals surface area contributed by atoms with Gasteiger partial charge in [0.25, 0.3) is 0 Å². The maximum Gasteiger partial charge on any atom is 0.337 e. The van der Waals surface area contributed by atoms with Crippen molar-refractivity contribution < 1.29 is 33.3 Å². The summed E-state index contributed by atoms with van der Waals surface area (Å²) in [7, 11) is 1.27. The first-order valence-electron chi connectivity index (χ1n) is 12.5. The number of halogens is 2. The van der Waals surface area contributed by atoms with Crippen molar-refractivity contribution in [1.29, 1.82) is 0 Å². The number of nitrogens with zero attached hydrogens (tertiary/aromatic N) is 1. The van der Waals surface area contributed by atoms with E-state index in [9.17, 15) is 14.7 Å². The molecule has 13 heteroatoms. The number of allylic oxidation sites excluding steroid dienone is 1. The number of aliphatic hydroxyl groups is 1.